The van der Waals surface area contributed by atoms with E-state index < -0.39 is 0 Å². The summed E-state index contributed by atoms with van der Waals surface area (Å²) in [5.41, 5.74) is 3.95. The van der Waals surface area contributed by atoms with Gasteiger partial charge in [-0.1, -0.05) is 17.3 Å². The summed E-state index contributed by atoms with van der Waals surface area (Å²) >= 11 is 3.14. The van der Waals surface area contributed by atoms with Crippen LogP contribution in [0.25, 0.3) is 0 Å². The lowest BCUT2D eigenvalue weighted by atomic mass is 10.3. The van der Waals surface area contributed by atoms with Gasteiger partial charge < -0.3 is 4.84 Å². The van der Waals surface area contributed by atoms with Crippen molar-refractivity contribution < 1.29 is 9.63 Å². The van der Waals surface area contributed by atoms with Gasteiger partial charge in [-0.05, 0) is 36.7 Å². The minimum absolute atomic E-state index is 0.163. The summed E-state index contributed by atoms with van der Waals surface area (Å²) in [6.45, 7) is 3.51. The Morgan fingerprint density at radius 1 is 1.14 bits per heavy atom. The van der Waals surface area contributed by atoms with Gasteiger partial charge in [0.15, 0.2) is 6.61 Å². The van der Waals surface area contributed by atoms with E-state index in [4.69, 9.17) is 4.84 Å². The molecule has 0 unspecified atom stereocenters. The van der Waals surface area contributed by atoms with Gasteiger partial charge in [0, 0.05) is 4.88 Å². The Morgan fingerprint density at radius 2 is 1.76 bits per heavy atom. The highest BCUT2D eigenvalue weighted by Gasteiger charge is 2.03. The number of hydrazone groups is 1. The Balaban J connectivity index is 1.78. The van der Waals surface area contributed by atoms with Gasteiger partial charge >= 0.3 is 0 Å². The third-order valence-electron chi connectivity index (χ3n) is 2.50. The highest BCUT2D eigenvalue weighted by Crippen LogP contribution is 2.10. The van der Waals surface area contributed by atoms with E-state index in [1.165, 1.54) is 0 Å². The average Bonchev–Trinajstić information content (AvgIpc) is 3.16. The molecule has 5 nitrogen and oxygen atoms in total. The second-order valence-corrected chi connectivity index (χ2v) is 6.03. The maximum Gasteiger partial charge on any atom is 0.280 e. The molecule has 0 spiro atoms. The number of carbonyl (C=O) groups is 1. The normalized spacial score (nSPS) is 12.3. The molecule has 2 rings (SSSR count). The number of nitrogens with zero attached hydrogens (tertiary/aromatic N) is 2. The van der Waals surface area contributed by atoms with Crippen molar-refractivity contribution in [2.24, 2.45) is 10.3 Å². The fourth-order valence-electron chi connectivity index (χ4n) is 1.44. The third kappa shape index (κ3) is 4.80. The summed E-state index contributed by atoms with van der Waals surface area (Å²) in [5.74, 6) is -0.339. The third-order valence-corrected chi connectivity index (χ3v) is 4.46. The van der Waals surface area contributed by atoms with Gasteiger partial charge in [-0.2, -0.15) is 5.10 Å². The molecule has 0 aliphatic heterocycles. The second-order valence-electron chi connectivity index (χ2n) is 4.14. The largest absolute Gasteiger partial charge is 0.385 e. The van der Waals surface area contributed by atoms with Crippen LogP contribution in [0, 0.1) is 0 Å². The first-order valence-corrected chi connectivity index (χ1v) is 8.00. The van der Waals surface area contributed by atoms with Crippen molar-refractivity contribution in [3.63, 3.8) is 0 Å². The zero-order valence-corrected chi connectivity index (χ0v) is 13.3. The number of carbonyl (C=O) groups excluding carboxylic acids is 1. The summed E-state index contributed by atoms with van der Waals surface area (Å²) in [5, 5.41) is 11.8. The molecule has 7 heteroatoms. The number of thiophene rings is 2. The summed E-state index contributed by atoms with van der Waals surface area (Å²) in [6, 6.07) is 7.77. The van der Waals surface area contributed by atoms with Crippen LogP contribution in [0.2, 0.25) is 0 Å². The number of nitrogens with one attached hydrogen (secondary N) is 1. The Morgan fingerprint density at radius 3 is 2.33 bits per heavy atom. The molecule has 0 saturated heterocycles. The minimum Gasteiger partial charge on any atom is -0.385 e. The van der Waals surface area contributed by atoms with Crippen molar-refractivity contribution in [3.05, 3.63) is 44.8 Å². The van der Waals surface area contributed by atoms with Crippen molar-refractivity contribution in [1.29, 1.82) is 0 Å². The quantitative estimate of drug-likeness (QED) is 0.656. The van der Waals surface area contributed by atoms with Crippen LogP contribution in [0.4, 0.5) is 0 Å². The maximum absolute atomic E-state index is 11.6. The minimum atomic E-state index is -0.339. The Labute approximate surface area is 130 Å². The van der Waals surface area contributed by atoms with E-state index in [0.29, 0.717) is 0 Å². The molecule has 0 saturated carbocycles. The topological polar surface area (TPSA) is 63.0 Å². The Bertz CT molecular complexity index is 631. The molecule has 0 bridgehead atoms. The molecule has 2 aromatic rings. The zero-order chi connectivity index (χ0) is 15.1. The molecule has 2 heterocycles. The highest BCUT2D eigenvalue weighted by atomic mass is 32.1. The molecule has 1 amide bonds. The summed E-state index contributed by atoms with van der Waals surface area (Å²) in [4.78, 5) is 18.6. The van der Waals surface area contributed by atoms with E-state index in [9.17, 15) is 4.79 Å². The monoisotopic (exact) mass is 321 g/mol. The molecule has 0 aliphatic carbocycles. The van der Waals surface area contributed by atoms with Gasteiger partial charge in [-0.15, -0.1) is 22.7 Å². The van der Waals surface area contributed by atoms with Crippen molar-refractivity contribution in [2.75, 3.05) is 6.61 Å². The van der Waals surface area contributed by atoms with E-state index in [2.05, 4.69) is 15.7 Å². The Hall–Kier alpha value is -1.99. The molecule has 0 aliphatic rings. The van der Waals surface area contributed by atoms with Crippen LogP contribution in [0.5, 0.6) is 0 Å². The van der Waals surface area contributed by atoms with Crippen LogP contribution in [-0.4, -0.2) is 23.9 Å². The average molecular weight is 321 g/mol. The van der Waals surface area contributed by atoms with Gasteiger partial charge in [0.05, 0.1) is 16.3 Å². The van der Waals surface area contributed by atoms with Crippen molar-refractivity contribution in [2.45, 2.75) is 13.8 Å². The molecule has 0 aromatic carbocycles. The first-order valence-electron chi connectivity index (χ1n) is 6.24. The van der Waals surface area contributed by atoms with Crippen molar-refractivity contribution in [1.82, 2.24) is 5.43 Å². The predicted octanol–water partition coefficient (Wildman–Crippen LogP) is 3.09. The van der Waals surface area contributed by atoms with Gasteiger partial charge in [0.1, 0.15) is 0 Å². The van der Waals surface area contributed by atoms with Gasteiger partial charge in [-0.25, -0.2) is 5.43 Å². The number of rotatable bonds is 6. The molecular formula is C14H15N3O2S2. The Kier molecular flexibility index (Phi) is 5.65. The SMILES string of the molecule is C/C(=N/NC(=O)CO/N=C(/C)c1cccs1)c1cccs1. The molecule has 21 heavy (non-hydrogen) atoms. The van der Waals surface area contributed by atoms with Crippen LogP contribution in [0.3, 0.4) is 0 Å². The van der Waals surface area contributed by atoms with Crippen LogP contribution in [0.15, 0.2) is 45.3 Å². The van der Waals surface area contributed by atoms with E-state index in [0.717, 1.165) is 21.2 Å². The smallest absolute Gasteiger partial charge is 0.280 e. The first-order chi connectivity index (χ1) is 10.2. The standard InChI is InChI=1S/C14H15N3O2S2/c1-10(12-5-3-7-20-12)15-16-14(18)9-19-17-11(2)13-6-4-8-21-13/h3-8H,9H2,1-2H3,(H,16,18)/b15-10-,17-11-. The van der Waals surface area contributed by atoms with E-state index in [1.54, 1.807) is 22.7 Å². The van der Waals surface area contributed by atoms with Crippen LogP contribution in [0.1, 0.15) is 23.6 Å². The fraction of sp³-hybridized carbons (Fsp3) is 0.214. The molecule has 0 radical (unpaired) electrons. The van der Waals surface area contributed by atoms with Crippen LogP contribution >= 0.6 is 22.7 Å². The van der Waals surface area contributed by atoms with Crippen molar-refractivity contribution >= 4 is 40.0 Å². The molecule has 0 fully saturated rings. The maximum atomic E-state index is 11.6. The van der Waals surface area contributed by atoms with E-state index >= 15 is 0 Å². The van der Waals surface area contributed by atoms with Crippen LogP contribution in [-0.2, 0) is 9.63 Å². The fourth-order valence-corrected chi connectivity index (χ4v) is 2.78. The van der Waals surface area contributed by atoms with Gasteiger partial charge in [0.25, 0.3) is 5.91 Å². The second kappa shape index (κ2) is 7.70. The number of hydrogen-bond donors (Lipinski definition) is 1. The van der Waals surface area contributed by atoms with Crippen molar-refractivity contribution in [3.8, 4) is 0 Å². The van der Waals surface area contributed by atoms with E-state index in [1.807, 2.05) is 48.9 Å². The summed E-state index contributed by atoms with van der Waals surface area (Å²) < 4.78 is 0. The van der Waals surface area contributed by atoms with E-state index in [-0.39, 0.29) is 12.5 Å². The highest BCUT2D eigenvalue weighted by molar-refractivity contribution is 7.12. The lowest BCUT2D eigenvalue weighted by molar-refractivity contribution is -0.125. The van der Waals surface area contributed by atoms with Gasteiger partial charge in [0.2, 0.25) is 0 Å². The van der Waals surface area contributed by atoms with Crippen LogP contribution < -0.4 is 5.43 Å². The molecule has 2 aromatic heterocycles. The number of amides is 1. The molecule has 110 valence electrons. The summed E-state index contributed by atoms with van der Waals surface area (Å²) in [6.07, 6.45) is 0. The number of hydrogen-bond acceptors (Lipinski definition) is 6. The molecule has 0 atom stereocenters. The summed E-state index contributed by atoms with van der Waals surface area (Å²) in [7, 11) is 0. The first kappa shape index (κ1) is 15.4. The molecule has 1 N–H and O–H groups in total. The lowest BCUT2D eigenvalue weighted by Gasteiger charge is -2.01. The number of oxime groups is 1. The molecular weight excluding hydrogens is 306 g/mol. The lowest BCUT2D eigenvalue weighted by Crippen LogP contribution is -2.23. The van der Waals surface area contributed by atoms with Gasteiger partial charge in [-0.3, -0.25) is 4.79 Å². The zero-order valence-electron chi connectivity index (χ0n) is 11.7. The predicted molar refractivity (Wildman–Crippen MR) is 87.2 cm³/mol.